The summed E-state index contributed by atoms with van der Waals surface area (Å²) in [6, 6.07) is 18.8. The smallest absolute Gasteiger partial charge is 0.255 e. The highest BCUT2D eigenvalue weighted by Gasteiger charge is 2.07. The highest BCUT2D eigenvalue weighted by molar-refractivity contribution is 5.99. The summed E-state index contributed by atoms with van der Waals surface area (Å²) in [7, 11) is 0. The number of carbonyl (C=O) groups excluding carboxylic acids is 1. The van der Waals surface area contributed by atoms with Gasteiger partial charge in [0.05, 0.1) is 0 Å². The number of allylic oxidation sites excluding steroid dienone is 2. The Morgan fingerprint density at radius 2 is 1.42 bits per heavy atom. The number of amides is 1. The third-order valence-electron chi connectivity index (χ3n) is 2.65. The maximum atomic E-state index is 12.1. The summed E-state index contributed by atoms with van der Waals surface area (Å²) in [4.78, 5) is 12.1. The van der Waals surface area contributed by atoms with Crippen LogP contribution >= 0.6 is 0 Å². The Bertz CT molecular complexity index is 585. The second-order valence-electron chi connectivity index (χ2n) is 4.00. The predicted octanol–water partition coefficient (Wildman–Crippen LogP) is 3.64. The maximum absolute atomic E-state index is 12.1. The SMILES string of the molecule is C=C/C=C(\NC(=O)c1ccccc1)c1ccccc1. The van der Waals surface area contributed by atoms with Gasteiger partial charge in [-0.2, -0.15) is 0 Å². The van der Waals surface area contributed by atoms with Crippen molar-refractivity contribution in [2.24, 2.45) is 0 Å². The first-order valence-electron chi connectivity index (χ1n) is 6.06. The van der Waals surface area contributed by atoms with Crippen LogP contribution in [-0.2, 0) is 0 Å². The molecule has 2 nitrogen and oxygen atoms in total. The third kappa shape index (κ3) is 3.42. The van der Waals surface area contributed by atoms with Crippen molar-refractivity contribution in [3.8, 4) is 0 Å². The van der Waals surface area contributed by atoms with Gasteiger partial charge in [-0.15, -0.1) is 0 Å². The molecule has 0 aromatic heterocycles. The van der Waals surface area contributed by atoms with E-state index in [-0.39, 0.29) is 5.91 Å². The summed E-state index contributed by atoms with van der Waals surface area (Å²) in [6.45, 7) is 3.68. The van der Waals surface area contributed by atoms with Gasteiger partial charge in [0.2, 0.25) is 0 Å². The van der Waals surface area contributed by atoms with Crippen LogP contribution in [0, 0.1) is 0 Å². The molecule has 0 heterocycles. The zero-order valence-corrected chi connectivity index (χ0v) is 10.5. The van der Waals surface area contributed by atoms with E-state index in [2.05, 4.69) is 11.9 Å². The van der Waals surface area contributed by atoms with Gasteiger partial charge in [0, 0.05) is 11.3 Å². The summed E-state index contributed by atoms with van der Waals surface area (Å²) < 4.78 is 0. The summed E-state index contributed by atoms with van der Waals surface area (Å²) in [5.74, 6) is -0.127. The fourth-order valence-corrected chi connectivity index (χ4v) is 1.73. The van der Waals surface area contributed by atoms with Crippen molar-refractivity contribution >= 4 is 11.6 Å². The second-order valence-corrected chi connectivity index (χ2v) is 4.00. The molecule has 0 bridgehead atoms. The van der Waals surface area contributed by atoms with Crippen LogP contribution in [0.25, 0.3) is 5.70 Å². The standard InChI is InChI=1S/C17H15NO/c1-2-9-16(14-10-5-3-6-11-14)18-17(19)15-12-7-4-8-13-15/h2-13H,1H2,(H,18,19)/b16-9-. The summed E-state index contributed by atoms with van der Waals surface area (Å²) in [5, 5.41) is 2.90. The largest absolute Gasteiger partial charge is 0.321 e. The first-order chi connectivity index (χ1) is 9.31. The lowest BCUT2D eigenvalue weighted by molar-refractivity contribution is 0.0973. The lowest BCUT2D eigenvalue weighted by atomic mass is 10.1. The molecule has 0 atom stereocenters. The average Bonchev–Trinajstić information content (AvgIpc) is 2.48. The molecule has 0 radical (unpaired) electrons. The number of benzene rings is 2. The van der Waals surface area contributed by atoms with E-state index in [9.17, 15) is 4.79 Å². The van der Waals surface area contributed by atoms with Gasteiger partial charge in [-0.1, -0.05) is 61.2 Å². The van der Waals surface area contributed by atoms with Crippen molar-refractivity contribution in [2.45, 2.75) is 0 Å². The van der Waals surface area contributed by atoms with Crippen LogP contribution in [0.4, 0.5) is 0 Å². The van der Waals surface area contributed by atoms with Crippen LogP contribution in [0.3, 0.4) is 0 Å². The number of rotatable bonds is 4. The van der Waals surface area contributed by atoms with E-state index in [1.54, 1.807) is 24.3 Å². The maximum Gasteiger partial charge on any atom is 0.255 e. The van der Waals surface area contributed by atoms with E-state index < -0.39 is 0 Å². The molecular weight excluding hydrogens is 234 g/mol. The zero-order valence-electron chi connectivity index (χ0n) is 10.5. The van der Waals surface area contributed by atoms with Gasteiger partial charge in [-0.05, 0) is 23.8 Å². The van der Waals surface area contributed by atoms with Crippen molar-refractivity contribution < 1.29 is 4.79 Å². The molecule has 2 aromatic carbocycles. The third-order valence-corrected chi connectivity index (χ3v) is 2.65. The Kier molecular flexibility index (Phi) is 4.29. The molecule has 0 fully saturated rings. The van der Waals surface area contributed by atoms with Gasteiger partial charge in [0.15, 0.2) is 0 Å². The van der Waals surface area contributed by atoms with E-state index in [0.717, 1.165) is 11.3 Å². The second kappa shape index (κ2) is 6.36. The molecule has 2 rings (SSSR count). The van der Waals surface area contributed by atoms with Gasteiger partial charge in [0.25, 0.3) is 5.91 Å². The zero-order chi connectivity index (χ0) is 13.5. The molecule has 0 unspecified atom stereocenters. The molecule has 2 aromatic rings. The van der Waals surface area contributed by atoms with Crippen molar-refractivity contribution in [2.75, 3.05) is 0 Å². The van der Waals surface area contributed by atoms with E-state index in [1.807, 2.05) is 48.5 Å². The molecular formula is C17H15NO. The van der Waals surface area contributed by atoms with E-state index in [0.29, 0.717) is 5.56 Å². The topological polar surface area (TPSA) is 29.1 Å². The Labute approximate surface area is 113 Å². The highest BCUT2D eigenvalue weighted by atomic mass is 16.1. The van der Waals surface area contributed by atoms with Gasteiger partial charge < -0.3 is 5.32 Å². The summed E-state index contributed by atoms with van der Waals surface area (Å²) in [6.07, 6.45) is 3.45. The lowest BCUT2D eigenvalue weighted by Gasteiger charge is -2.09. The molecule has 19 heavy (non-hydrogen) atoms. The molecule has 94 valence electrons. The normalized spacial score (nSPS) is 10.8. The highest BCUT2D eigenvalue weighted by Crippen LogP contribution is 2.12. The molecule has 1 N–H and O–H groups in total. The van der Waals surface area contributed by atoms with Crippen LogP contribution in [0.1, 0.15) is 15.9 Å². The molecule has 2 heteroatoms. The molecule has 0 spiro atoms. The average molecular weight is 249 g/mol. The molecule has 0 saturated heterocycles. The van der Waals surface area contributed by atoms with Crippen molar-refractivity contribution in [3.63, 3.8) is 0 Å². The van der Waals surface area contributed by atoms with Crippen LogP contribution in [0.2, 0.25) is 0 Å². The van der Waals surface area contributed by atoms with Gasteiger partial charge >= 0.3 is 0 Å². The van der Waals surface area contributed by atoms with E-state index >= 15 is 0 Å². The Morgan fingerprint density at radius 1 is 0.895 bits per heavy atom. The van der Waals surface area contributed by atoms with E-state index in [4.69, 9.17) is 0 Å². The fraction of sp³-hybridized carbons (Fsp3) is 0. The van der Waals surface area contributed by atoms with Crippen molar-refractivity contribution in [1.29, 1.82) is 0 Å². The van der Waals surface area contributed by atoms with Crippen LogP contribution in [-0.4, -0.2) is 5.91 Å². The quantitative estimate of drug-likeness (QED) is 0.823. The Morgan fingerprint density at radius 3 is 1.95 bits per heavy atom. The van der Waals surface area contributed by atoms with Crippen LogP contribution in [0.15, 0.2) is 79.4 Å². The van der Waals surface area contributed by atoms with Gasteiger partial charge in [-0.25, -0.2) is 0 Å². The molecule has 1 amide bonds. The number of nitrogens with one attached hydrogen (secondary N) is 1. The number of hydrogen-bond acceptors (Lipinski definition) is 1. The van der Waals surface area contributed by atoms with Crippen molar-refractivity contribution in [1.82, 2.24) is 5.32 Å². The first-order valence-corrected chi connectivity index (χ1v) is 6.06. The van der Waals surface area contributed by atoms with E-state index in [1.165, 1.54) is 0 Å². The minimum atomic E-state index is -0.127. The molecule has 0 aliphatic carbocycles. The molecule has 0 aliphatic heterocycles. The predicted molar refractivity (Wildman–Crippen MR) is 78.5 cm³/mol. The molecule has 0 saturated carbocycles. The van der Waals surface area contributed by atoms with Gasteiger partial charge in [0.1, 0.15) is 0 Å². The minimum absolute atomic E-state index is 0.127. The van der Waals surface area contributed by atoms with Crippen LogP contribution in [0.5, 0.6) is 0 Å². The number of carbonyl (C=O) groups is 1. The first kappa shape index (κ1) is 12.8. The minimum Gasteiger partial charge on any atom is -0.321 e. The Balaban J connectivity index is 2.22. The summed E-state index contributed by atoms with van der Waals surface area (Å²) in [5.41, 5.74) is 2.32. The van der Waals surface area contributed by atoms with Crippen molar-refractivity contribution in [3.05, 3.63) is 90.5 Å². The van der Waals surface area contributed by atoms with Crippen LogP contribution < -0.4 is 5.32 Å². The molecule has 0 aliphatic rings. The monoisotopic (exact) mass is 249 g/mol. The fourth-order valence-electron chi connectivity index (χ4n) is 1.73. The lowest BCUT2D eigenvalue weighted by Crippen LogP contribution is -2.21. The Hall–Kier alpha value is -2.61. The number of hydrogen-bond donors (Lipinski definition) is 1. The van der Waals surface area contributed by atoms with Gasteiger partial charge in [-0.3, -0.25) is 4.79 Å². The summed E-state index contributed by atoms with van der Waals surface area (Å²) >= 11 is 0.